The summed E-state index contributed by atoms with van der Waals surface area (Å²) < 4.78 is 5.55. The van der Waals surface area contributed by atoms with Gasteiger partial charge in [-0.2, -0.15) is 0 Å². The highest BCUT2D eigenvalue weighted by molar-refractivity contribution is 5.99. The van der Waals surface area contributed by atoms with Crippen LogP contribution in [0.5, 0.6) is 0 Å². The number of piperidine rings is 1. The number of carbonyl (C=O) groups is 2. The van der Waals surface area contributed by atoms with Crippen molar-refractivity contribution in [1.82, 2.24) is 9.88 Å². The third-order valence-corrected chi connectivity index (χ3v) is 4.98. The number of rotatable bonds is 2. The number of hydrogen-bond donors (Lipinski definition) is 0. The van der Waals surface area contributed by atoms with Gasteiger partial charge in [0.1, 0.15) is 5.60 Å². The zero-order valence-electron chi connectivity index (χ0n) is 14.9. The SMILES string of the molecule is Cc1ncccc1C(=O)C1CC2CCC(C1)N2C(=O)OC(C)(C)C. The number of amides is 1. The van der Waals surface area contributed by atoms with Gasteiger partial charge in [-0.3, -0.25) is 9.78 Å². The number of aryl methyl sites for hydroxylation is 1. The Morgan fingerprint density at radius 1 is 1.21 bits per heavy atom. The molecule has 2 fully saturated rings. The van der Waals surface area contributed by atoms with Crippen LogP contribution in [0.1, 0.15) is 62.5 Å². The molecular weight excluding hydrogens is 304 g/mol. The lowest BCUT2D eigenvalue weighted by Crippen LogP contribution is -2.49. The molecular formula is C19H26N2O3. The zero-order chi connectivity index (χ0) is 17.5. The first kappa shape index (κ1) is 16.9. The van der Waals surface area contributed by atoms with Crippen LogP contribution in [-0.4, -0.2) is 39.4 Å². The summed E-state index contributed by atoms with van der Waals surface area (Å²) in [5.41, 5.74) is 1.01. The van der Waals surface area contributed by atoms with Crippen molar-refractivity contribution in [1.29, 1.82) is 0 Å². The largest absolute Gasteiger partial charge is 0.444 e. The van der Waals surface area contributed by atoms with E-state index in [1.807, 2.05) is 44.7 Å². The fourth-order valence-electron chi connectivity index (χ4n) is 3.97. The fraction of sp³-hybridized carbons (Fsp3) is 0.632. The Kier molecular flexibility index (Phi) is 4.37. The van der Waals surface area contributed by atoms with E-state index in [-0.39, 0.29) is 29.9 Å². The van der Waals surface area contributed by atoms with Crippen molar-refractivity contribution >= 4 is 11.9 Å². The van der Waals surface area contributed by atoms with Gasteiger partial charge in [0.2, 0.25) is 0 Å². The van der Waals surface area contributed by atoms with Crippen molar-refractivity contribution < 1.29 is 14.3 Å². The van der Waals surface area contributed by atoms with Crippen LogP contribution in [0.25, 0.3) is 0 Å². The summed E-state index contributed by atoms with van der Waals surface area (Å²) in [5.74, 6) is 0.144. The number of pyridine rings is 1. The number of fused-ring (bicyclic) bond motifs is 2. The molecule has 2 unspecified atom stereocenters. The van der Waals surface area contributed by atoms with Gasteiger partial charge in [-0.1, -0.05) is 0 Å². The molecule has 1 aromatic heterocycles. The summed E-state index contributed by atoms with van der Waals surface area (Å²) in [5, 5.41) is 0. The molecule has 2 saturated heterocycles. The van der Waals surface area contributed by atoms with Crippen molar-refractivity contribution in [2.75, 3.05) is 0 Å². The van der Waals surface area contributed by atoms with Gasteiger partial charge in [0.05, 0.1) is 0 Å². The van der Waals surface area contributed by atoms with Gasteiger partial charge >= 0.3 is 6.09 Å². The van der Waals surface area contributed by atoms with Crippen LogP contribution < -0.4 is 0 Å². The number of Topliss-reactive ketones (excluding diaryl/α,β-unsaturated/α-hetero) is 1. The smallest absolute Gasteiger partial charge is 0.410 e. The minimum absolute atomic E-state index is 0.0240. The van der Waals surface area contributed by atoms with E-state index in [2.05, 4.69) is 4.98 Å². The predicted molar refractivity (Wildman–Crippen MR) is 90.9 cm³/mol. The first-order valence-corrected chi connectivity index (χ1v) is 8.73. The normalized spacial score (nSPS) is 26.3. The third-order valence-electron chi connectivity index (χ3n) is 4.98. The molecule has 0 N–H and O–H groups in total. The monoisotopic (exact) mass is 330 g/mol. The molecule has 2 atom stereocenters. The van der Waals surface area contributed by atoms with E-state index in [1.54, 1.807) is 6.20 Å². The van der Waals surface area contributed by atoms with E-state index < -0.39 is 5.60 Å². The van der Waals surface area contributed by atoms with Crippen LogP contribution in [0.4, 0.5) is 4.79 Å². The number of ketones is 1. The second-order valence-electron chi connectivity index (χ2n) is 7.94. The van der Waals surface area contributed by atoms with E-state index >= 15 is 0 Å². The van der Waals surface area contributed by atoms with Gasteiger partial charge in [-0.25, -0.2) is 4.79 Å². The maximum atomic E-state index is 12.9. The van der Waals surface area contributed by atoms with E-state index in [0.29, 0.717) is 5.56 Å². The molecule has 0 radical (unpaired) electrons. The van der Waals surface area contributed by atoms with Gasteiger partial charge in [0.15, 0.2) is 5.78 Å². The second-order valence-corrected chi connectivity index (χ2v) is 7.94. The number of hydrogen-bond acceptors (Lipinski definition) is 4. The highest BCUT2D eigenvalue weighted by Gasteiger charge is 2.46. The van der Waals surface area contributed by atoms with Crippen LogP contribution in [0, 0.1) is 12.8 Å². The summed E-state index contributed by atoms with van der Waals surface area (Å²) in [6.45, 7) is 7.52. The van der Waals surface area contributed by atoms with Crippen LogP contribution in [0.2, 0.25) is 0 Å². The molecule has 3 rings (SSSR count). The molecule has 2 aliphatic rings. The number of aromatic nitrogens is 1. The molecule has 2 bridgehead atoms. The Balaban J connectivity index is 1.72. The molecule has 3 heterocycles. The second kappa shape index (κ2) is 6.19. The first-order chi connectivity index (χ1) is 11.3. The molecule has 130 valence electrons. The molecule has 1 aromatic rings. The van der Waals surface area contributed by atoms with Crippen molar-refractivity contribution in [2.45, 2.75) is 71.1 Å². The minimum atomic E-state index is -0.490. The van der Waals surface area contributed by atoms with Gasteiger partial charge in [-0.15, -0.1) is 0 Å². The van der Waals surface area contributed by atoms with E-state index in [1.165, 1.54) is 0 Å². The average Bonchev–Trinajstić information content (AvgIpc) is 2.76. The highest BCUT2D eigenvalue weighted by Crippen LogP contribution is 2.40. The van der Waals surface area contributed by atoms with Crippen LogP contribution in [0.15, 0.2) is 18.3 Å². The molecule has 24 heavy (non-hydrogen) atoms. The zero-order valence-corrected chi connectivity index (χ0v) is 14.9. The lowest BCUT2D eigenvalue weighted by Gasteiger charge is -2.39. The van der Waals surface area contributed by atoms with Crippen molar-refractivity contribution in [3.63, 3.8) is 0 Å². The lowest BCUT2D eigenvalue weighted by molar-refractivity contribution is 0.00253. The summed E-state index contributed by atoms with van der Waals surface area (Å²) >= 11 is 0. The quantitative estimate of drug-likeness (QED) is 0.775. The topological polar surface area (TPSA) is 59.5 Å². The fourth-order valence-corrected chi connectivity index (χ4v) is 3.97. The van der Waals surface area contributed by atoms with Gasteiger partial charge in [-0.05, 0) is 65.5 Å². The van der Waals surface area contributed by atoms with Gasteiger partial charge < -0.3 is 9.64 Å². The minimum Gasteiger partial charge on any atom is -0.444 e. The molecule has 0 spiro atoms. The Hall–Kier alpha value is -1.91. The maximum Gasteiger partial charge on any atom is 0.410 e. The Bertz CT molecular complexity index is 636. The van der Waals surface area contributed by atoms with Crippen LogP contribution in [0.3, 0.4) is 0 Å². The van der Waals surface area contributed by atoms with Crippen LogP contribution >= 0.6 is 0 Å². The average molecular weight is 330 g/mol. The highest BCUT2D eigenvalue weighted by atomic mass is 16.6. The summed E-state index contributed by atoms with van der Waals surface area (Å²) in [6, 6.07) is 3.89. The van der Waals surface area contributed by atoms with Crippen molar-refractivity contribution in [3.05, 3.63) is 29.6 Å². The molecule has 5 nitrogen and oxygen atoms in total. The predicted octanol–water partition coefficient (Wildman–Crippen LogP) is 3.75. The Morgan fingerprint density at radius 3 is 2.38 bits per heavy atom. The Morgan fingerprint density at radius 2 is 1.83 bits per heavy atom. The van der Waals surface area contributed by atoms with E-state index in [0.717, 1.165) is 31.4 Å². The maximum absolute atomic E-state index is 12.9. The van der Waals surface area contributed by atoms with E-state index in [9.17, 15) is 9.59 Å². The van der Waals surface area contributed by atoms with Crippen LogP contribution in [-0.2, 0) is 4.74 Å². The molecule has 0 saturated carbocycles. The number of carbonyl (C=O) groups excluding carboxylic acids is 2. The number of nitrogens with zero attached hydrogens (tertiary/aromatic N) is 2. The summed E-state index contributed by atoms with van der Waals surface area (Å²) in [4.78, 5) is 31.5. The van der Waals surface area contributed by atoms with Crippen molar-refractivity contribution in [2.24, 2.45) is 5.92 Å². The summed E-state index contributed by atoms with van der Waals surface area (Å²) in [6.07, 6.45) is 4.84. The lowest BCUT2D eigenvalue weighted by atomic mass is 9.84. The molecule has 0 aromatic carbocycles. The summed E-state index contributed by atoms with van der Waals surface area (Å²) in [7, 11) is 0. The first-order valence-electron chi connectivity index (χ1n) is 8.73. The Labute approximate surface area is 143 Å². The molecule has 5 heteroatoms. The standard InChI is InChI=1S/C19H26N2O3/c1-12-16(6-5-9-20-12)17(22)13-10-14-7-8-15(11-13)21(14)18(23)24-19(2,3)4/h5-6,9,13-15H,7-8,10-11H2,1-4H3. The van der Waals surface area contributed by atoms with Gasteiger partial charge in [0.25, 0.3) is 0 Å². The van der Waals surface area contributed by atoms with E-state index in [4.69, 9.17) is 4.74 Å². The molecule has 0 aliphatic carbocycles. The third kappa shape index (κ3) is 3.30. The van der Waals surface area contributed by atoms with Crippen molar-refractivity contribution in [3.8, 4) is 0 Å². The number of ether oxygens (including phenoxy) is 1. The van der Waals surface area contributed by atoms with Gasteiger partial charge in [0, 0.05) is 35.5 Å². The molecule has 1 amide bonds. The molecule has 2 aliphatic heterocycles.